The van der Waals surface area contributed by atoms with E-state index in [2.05, 4.69) is 4.98 Å². The Hall–Kier alpha value is -1.72. The molecule has 0 fully saturated rings. The molecule has 0 aliphatic rings. The van der Waals surface area contributed by atoms with Gasteiger partial charge in [0.05, 0.1) is 6.42 Å². The number of nitrogens with zero attached hydrogens (tertiary/aromatic N) is 1. The number of alkyl halides is 2. The van der Waals surface area contributed by atoms with Gasteiger partial charge in [-0.25, -0.2) is 13.8 Å². The van der Waals surface area contributed by atoms with Gasteiger partial charge in [0.1, 0.15) is 11.5 Å². The minimum atomic E-state index is -2.70. The molecule has 0 radical (unpaired) electrons. The van der Waals surface area contributed by atoms with Crippen LogP contribution < -0.4 is 5.73 Å². The average molecular weight is 216 g/mol. The van der Waals surface area contributed by atoms with E-state index >= 15 is 0 Å². The molecule has 0 aliphatic heterocycles. The summed E-state index contributed by atoms with van der Waals surface area (Å²) in [6, 6.07) is 1.33. The third-order valence-corrected chi connectivity index (χ3v) is 1.91. The first kappa shape index (κ1) is 11.4. The number of carbonyl (C=O) groups is 1. The lowest BCUT2D eigenvalue weighted by Crippen LogP contribution is -2.08. The first-order valence-corrected chi connectivity index (χ1v) is 4.17. The highest BCUT2D eigenvalue weighted by Crippen LogP contribution is 2.23. The van der Waals surface area contributed by atoms with Gasteiger partial charge in [-0.2, -0.15) is 0 Å². The number of aryl methyl sites for hydroxylation is 1. The van der Waals surface area contributed by atoms with Crippen molar-refractivity contribution in [1.82, 2.24) is 4.98 Å². The van der Waals surface area contributed by atoms with Gasteiger partial charge in [-0.3, -0.25) is 4.79 Å². The lowest BCUT2D eigenvalue weighted by Gasteiger charge is -2.08. The molecule has 3 N–H and O–H groups in total. The number of rotatable bonds is 3. The number of carboxylic acids is 1. The van der Waals surface area contributed by atoms with E-state index in [0.29, 0.717) is 0 Å². The van der Waals surface area contributed by atoms with Crippen LogP contribution in [0.2, 0.25) is 0 Å². The summed E-state index contributed by atoms with van der Waals surface area (Å²) in [5.74, 6) is -1.23. The van der Waals surface area contributed by atoms with Crippen LogP contribution in [-0.4, -0.2) is 16.1 Å². The van der Waals surface area contributed by atoms with Crippen molar-refractivity contribution in [2.75, 3.05) is 5.73 Å². The topological polar surface area (TPSA) is 76.2 Å². The molecule has 6 heteroatoms. The Balaban J connectivity index is 3.13. The lowest BCUT2D eigenvalue weighted by molar-refractivity contribution is -0.136. The van der Waals surface area contributed by atoms with Crippen LogP contribution >= 0.6 is 0 Å². The average Bonchev–Trinajstić information content (AvgIpc) is 2.09. The van der Waals surface area contributed by atoms with Gasteiger partial charge in [0.25, 0.3) is 6.43 Å². The maximum atomic E-state index is 12.4. The molecule has 82 valence electrons. The minimum absolute atomic E-state index is 0.154. The molecule has 0 spiro atoms. The standard InChI is InChI=1S/C9H10F2N2O2/c1-4-2-5(3-6(14)15)9(12)13-7(4)8(10)11/h2,8H,3H2,1H3,(H2,12,13)(H,14,15). The molecule has 1 aromatic rings. The fourth-order valence-electron chi connectivity index (χ4n) is 1.22. The number of anilines is 1. The van der Waals surface area contributed by atoms with Crippen molar-refractivity contribution >= 4 is 11.8 Å². The van der Waals surface area contributed by atoms with Crippen LogP contribution in [0.5, 0.6) is 0 Å². The normalized spacial score (nSPS) is 10.7. The summed E-state index contributed by atoms with van der Waals surface area (Å²) in [6.45, 7) is 1.44. The predicted molar refractivity (Wildman–Crippen MR) is 49.7 cm³/mol. The summed E-state index contributed by atoms with van der Waals surface area (Å²) in [5, 5.41) is 8.53. The highest BCUT2D eigenvalue weighted by atomic mass is 19.3. The van der Waals surface area contributed by atoms with Gasteiger partial charge < -0.3 is 10.8 Å². The molecule has 15 heavy (non-hydrogen) atoms. The van der Waals surface area contributed by atoms with Crippen LogP contribution in [0.4, 0.5) is 14.6 Å². The summed E-state index contributed by atoms with van der Waals surface area (Å²) in [4.78, 5) is 13.9. The van der Waals surface area contributed by atoms with E-state index in [1.807, 2.05) is 0 Å². The van der Waals surface area contributed by atoms with Crippen molar-refractivity contribution < 1.29 is 18.7 Å². The lowest BCUT2D eigenvalue weighted by atomic mass is 10.1. The fourth-order valence-corrected chi connectivity index (χ4v) is 1.22. The van der Waals surface area contributed by atoms with Crippen LogP contribution in [0.1, 0.15) is 23.2 Å². The zero-order valence-corrected chi connectivity index (χ0v) is 8.00. The molecule has 0 amide bonds. The molecule has 0 saturated carbocycles. The zero-order chi connectivity index (χ0) is 11.6. The van der Waals surface area contributed by atoms with Crippen LogP contribution in [0, 0.1) is 6.92 Å². The molecule has 0 saturated heterocycles. The largest absolute Gasteiger partial charge is 0.481 e. The van der Waals surface area contributed by atoms with Crippen molar-refractivity contribution in [2.45, 2.75) is 19.8 Å². The molecule has 0 bridgehead atoms. The van der Waals surface area contributed by atoms with Crippen molar-refractivity contribution in [3.05, 3.63) is 22.9 Å². The molecular formula is C9H10F2N2O2. The first-order valence-electron chi connectivity index (χ1n) is 4.17. The van der Waals surface area contributed by atoms with Crippen LogP contribution in [0.15, 0.2) is 6.07 Å². The van der Waals surface area contributed by atoms with Crippen LogP contribution in [0.25, 0.3) is 0 Å². The molecule has 1 rings (SSSR count). The van der Waals surface area contributed by atoms with Crippen LogP contribution in [0.3, 0.4) is 0 Å². The van der Waals surface area contributed by atoms with E-state index in [1.54, 1.807) is 0 Å². The Morgan fingerprint density at radius 2 is 2.27 bits per heavy atom. The Labute approximate surface area is 84.7 Å². The summed E-state index contributed by atoms with van der Waals surface area (Å²) >= 11 is 0. The highest BCUT2D eigenvalue weighted by Gasteiger charge is 2.16. The summed E-state index contributed by atoms with van der Waals surface area (Å²) in [5.41, 5.74) is 5.47. The molecule has 0 aromatic carbocycles. The number of aliphatic carboxylic acids is 1. The quantitative estimate of drug-likeness (QED) is 0.803. The maximum Gasteiger partial charge on any atom is 0.307 e. The van der Waals surface area contributed by atoms with Gasteiger partial charge in [0.15, 0.2) is 0 Å². The van der Waals surface area contributed by atoms with Gasteiger partial charge in [0.2, 0.25) is 0 Å². The van der Waals surface area contributed by atoms with Crippen molar-refractivity contribution in [3.63, 3.8) is 0 Å². The number of carboxylic acid groups (broad SMARTS) is 1. The third kappa shape index (κ3) is 2.61. The minimum Gasteiger partial charge on any atom is -0.481 e. The number of aromatic nitrogens is 1. The molecule has 1 heterocycles. The monoisotopic (exact) mass is 216 g/mol. The fraction of sp³-hybridized carbons (Fsp3) is 0.333. The molecule has 4 nitrogen and oxygen atoms in total. The number of nitrogen functional groups attached to an aromatic ring is 1. The van der Waals surface area contributed by atoms with Crippen molar-refractivity contribution in [1.29, 1.82) is 0 Å². The number of halogens is 2. The predicted octanol–water partition coefficient (Wildman–Crippen LogP) is 1.54. The third-order valence-electron chi connectivity index (χ3n) is 1.91. The number of nitrogens with two attached hydrogens (primary N) is 1. The van der Waals surface area contributed by atoms with Crippen molar-refractivity contribution in [2.24, 2.45) is 0 Å². The second kappa shape index (κ2) is 4.20. The van der Waals surface area contributed by atoms with E-state index in [-0.39, 0.29) is 23.4 Å². The summed E-state index contributed by atoms with van der Waals surface area (Å²) in [7, 11) is 0. The van der Waals surface area contributed by atoms with E-state index in [9.17, 15) is 13.6 Å². The summed E-state index contributed by atoms with van der Waals surface area (Å²) in [6.07, 6.45) is -3.02. The molecule has 0 aliphatic carbocycles. The molecule has 0 atom stereocenters. The number of pyridine rings is 1. The van der Waals surface area contributed by atoms with E-state index in [4.69, 9.17) is 10.8 Å². The Morgan fingerprint density at radius 3 is 2.73 bits per heavy atom. The van der Waals surface area contributed by atoms with Crippen molar-refractivity contribution in [3.8, 4) is 0 Å². The molecular weight excluding hydrogens is 206 g/mol. The van der Waals surface area contributed by atoms with E-state index in [0.717, 1.165) is 0 Å². The van der Waals surface area contributed by atoms with Gasteiger partial charge in [-0.05, 0) is 18.6 Å². The van der Waals surface area contributed by atoms with E-state index in [1.165, 1.54) is 13.0 Å². The van der Waals surface area contributed by atoms with E-state index < -0.39 is 18.1 Å². The Bertz CT molecular complexity index is 394. The van der Waals surface area contributed by atoms with Crippen LogP contribution in [-0.2, 0) is 11.2 Å². The second-order valence-electron chi connectivity index (χ2n) is 3.11. The Morgan fingerprint density at radius 1 is 1.67 bits per heavy atom. The smallest absolute Gasteiger partial charge is 0.307 e. The Kier molecular flexibility index (Phi) is 3.18. The molecule has 0 unspecified atom stereocenters. The second-order valence-corrected chi connectivity index (χ2v) is 3.11. The first-order chi connectivity index (χ1) is 6.91. The van der Waals surface area contributed by atoms with Gasteiger partial charge >= 0.3 is 5.97 Å². The maximum absolute atomic E-state index is 12.4. The highest BCUT2D eigenvalue weighted by molar-refractivity contribution is 5.72. The number of hydrogen-bond donors (Lipinski definition) is 2. The zero-order valence-electron chi connectivity index (χ0n) is 8.00. The van der Waals surface area contributed by atoms with Gasteiger partial charge in [0, 0.05) is 5.56 Å². The SMILES string of the molecule is Cc1cc(CC(=O)O)c(N)nc1C(F)F. The van der Waals surface area contributed by atoms with Gasteiger partial charge in [-0.1, -0.05) is 0 Å². The van der Waals surface area contributed by atoms with Gasteiger partial charge in [-0.15, -0.1) is 0 Å². The summed E-state index contributed by atoms with van der Waals surface area (Å²) < 4.78 is 24.7. The number of hydrogen-bond acceptors (Lipinski definition) is 3. The molecule has 1 aromatic heterocycles.